The van der Waals surface area contributed by atoms with Crippen LogP contribution in [0.1, 0.15) is 34.8 Å². The van der Waals surface area contributed by atoms with Gasteiger partial charge in [0.2, 0.25) is 0 Å². The van der Waals surface area contributed by atoms with Crippen LogP contribution in [-0.4, -0.2) is 16.0 Å². The summed E-state index contributed by atoms with van der Waals surface area (Å²) >= 11 is 0. The summed E-state index contributed by atoms with van der Waals surface area (Å²) in [5.41, 5.74) is 14.7. The van der Waals surface area contributed by atoms with E-state index in [2.05, 4.69) is 10.1 Å². The predicted octanol–water partition coefficient (Wildman–Crippen LogP) is 3.10. The number of benzene rings is 1. The van der Waals surface area contributed by atoms with E-state index in [9.17, 15) is 9.18 Å². The monoisotopic (exact) mass is 338 g/mol. The molecule has 4 N–H and O–H groups in total. The van der Waals surface area contributed by atoms with Gasteiger partial charge in [-0.2, -0.15) is 0 Å². The van der Waals surface area contributed by atoms with E-state index in [0.717, 1.165) is 18.4 Å². The molecule has 4 rings (SSSR count). The summed E-state index contributed by atoms with van der Waals surface area (Å²) in [6.07, 6.45) is 3.41. The lowest BCUT2D eigenvalue weighted by Crippen LogP contribution is -2.17. The predicted molar refractivity (Wildman–Crippen MR) is 90.0 cm³/mol. The van der Waals surface area contributed by atoms with Crippen LogP contribution in [0.4, 0.5) is 10.1 Å². The lowest BCUT2D eigenvalue weighted by Gasteiger charge is -2.12. The molecule has 1 aliphatic rings. The van der Waals surface area contributed by atoms with Gasteiger partial charge in [-0.3, -0.25) is 4.79 Å². The molecule has 25 heavy (non-hydrogen) atoms. The smallest absolute Gasteiger partial charge is 0.269 e. The van der Waals surface area contributed by atoms with Crippen LogP contribution in [0.3, 0.4) is 0 Å². The van der Waals surface area contributed by atoms with Crippen molar-refractivity contribution < 1.29 is 13.7 Å². The number of carbonyl (C=O) groups is 1. The van der Waals surface area contributed by atoms with Crippen LogP contribution in [0.5, 0.6) is 0 Å². The second-order valence-electron chi connectivity index (χ2n) is 6.11. The second kappa shape index (κ2) is 5.70. The number of amides is 1. The van der Waals surface area contributed by atoms with Gasteiger partial charge in [0.15, 0.2) is 5.69 Å². The molecule has 7 heteroatoms. The van der Waals surface area contributed by atoms with Crippen molar-refractivity contribution in [2.24, 2.45) is 5.73 Å². The van der Waals surface area contributed by atoms with Crippen LogP contribution < -0.4 is 11.5 Å². The Kier molecular flexibility index (Phi) is 3.49. The molecule has 2 heterocycles. The van der Waals surface area contributed by atoms with Crippen molar-refractivity contribution in [3.8, 4) is 22.5 Å². The molecule has 0 radical (unpaired) electrons. The van der Waals surface area contributed by atoms with E-state index >= 15 is 0 Å². The number of nitrogens with two attached hydrogens (primary N) is 2. The third kappa shape index (κ3) is 2.84. The fourth-order valence-electron chi connectivity index (χ4n) is 2.89. The van der Waals surface area contributed by atoms with Crippen LogP contribution in [0, 0.1) is 5.82 Å². The molecule has 0 spiro atoms. The molecule has 0 unspecified atom stereocenters. The first-order chi connectivity index (χ1) is 12.0. The standard InChI is InChI=1S/C18H15FN4O2/c19-12-6-10(14-3-4-25-23-14)5-11(7-12)15-8-13(9-1-2-9)16(20)17(22-15)18(21)24/h3-9H,1-2,20H2,(H2,21,24). The first-order valence-electron chi connectivity index (χ1n) is 7.85. The van der Waals surface area contributed by atoms with E-state index in [1.165, 1.54) is 18.4 Å². The van der Waals surface area contributed by atoms with Gasteiger partial charge >= 0.3 is 0 Å². The summed E-state index contributed by atoms with van der Waals surface area (Å²) in [5, 5.41) is 3.82. The molecule has 6 nitrogen and oxygen atoms in total. The van der Waals surface area contributed by atoms with E-state index in [1.807, 2.05) is 0 Å². The number of anilines is 1. The number of rotatable bonds is 4. The van der Waals surface area contributed by atoms with Crippen molar-refractivity contribution in [3.05, 3.63) is 53.7 Å². The maximum atomic E-state index is 14.1. The Hall–Kier alpha value is -3.22. The summed E-state index contributed by atoms with van der Waals surface area (Å²) in [7, 11) is 0. The lowest BCUT2D eigenvalue weighted by molar-refractivity contribution is 0.0996. The van der Waals surface area contributed by atoms with Gasteiger partial charge in [-0.05, 0) is 48.6 Å². The minimum Gasteiger partial charge on any atom is -0.397 e. The highest BCUT2D eigenvalue weighted by molar-refractivity contribution is 5.97. The lowest BCUT2D eigenvalue weighted by atomic mass is 10.0. The average molecular weight is 338 g/mol. The molecule has 1 amide bonds. The third-order valence-corrected chi connectivity index (χ3v) is 4.27. The molecular weight excluding hydrogens is 323 g/mol. The number of nitrogen functional groups attached to an aromatic ring is 1. The summed E-state index contributed by atoms with van der Waals surface area (Å²) in [4.78, 5) is 16.0. The van der Waals surface area contributed by atoms with Crippen LogP contribution >= 0.6 is 0 Å². The van der Waals surface area contributed by atoms with Gasteiger partial charge in [-0.25, -0.2) is 9.37 Å². The number of halogens is 1. The Morgan fingerprint density at radius 1 is 1.16 bits per heavy atom. The van der Waals surface area contributed by atoms with Gasteiger partial charge in [0.1, 0.15) is 17.8 Å². The summed E-state index contributed by atoms with van der Waals surface area (Å²) in [5.74, 6) is -0.847. The van der Waals surface area contributed by atoms with Gasteiger partial charge in [-0.15, -0.1) is 0 Å². The van der Waals surface area contributed by atoms with Crippen LogP contribution in [0.25, 0.3) is 22.5 Å². The van der Waals surface area contributed by atoms with E-state index in [4.69, 9.17) is 16.0 Å². The normalized spacial score (nSPS) is 13.8. The Morgan fingerprint density at radius 2 is 1.88 bits per heavy atom. The Bertz CT molecular complexity index is 965. The molecular formula is C18H15FN4O2. The van der Waals surface area contributed by atoms with E-state index in [1.54, 1.807) is 18.2 Å². The largest absolute Gasteiger partial charge is 0.397 e. The quantitative estimate of drug-likeness (QED) is 0.760. The molecule has 0 saturated heterocycles. The molecule has 0 bridgehead atoms. The SMILES string of the molecule is NC(=O)c1nc(-c2cc(F)cc(-c3ccon3)c2)cc(C2CC2)c1N. The van der Waals surface area contributed by atoms with Gasteiger partial charge in [0.25, 0.3) is 5.91 Å². The summed E-state index contributed by atoms with van der Waals surface area (Å²) < 4.78 is 18.9. The Labute approximate surface area is 142 Å². The van der Waals surface area contributed by atoms with Crippen molar-refractivity contribution in [1.29, 1.82) is 0 Å². The number of nitrogens with zero attached hydrogens (tertiary/aromatic N) is 2. The highest BCUT2D eigenvalue weighted by Crippen LogP contribution is 2.44. The van der Waals surface area contributed by atoms with Crippen molar-refractivity contribution >= 4 is 11.6 Å². The molecule has 0 aliphatic heterocycles. The van der Waals surface area contributed by atoms with Gasteiger partial charge < -0.3 is 16.0 Å². The average Bonchev–Trinajstić information content (AvgIpc) is 3.27. The maximum Gasteiger partial charge on any atom is 0.269 e. The Morgan fingerprint density at radius 3 is 2.48 bits per heavy atom. The number of primary amides is 1. The minimum absolute atomic E-state index is 0.0200. The number of aromatic nitrogens is 2. The fraction of sp³-hybridized carbons (Fsp3) is 0.167. The highest BCUT2D eigenvalue weighted by Gasteiger charge is 2.29. The first kappa shape index (κ1) is 15.3. The van der Waals surface area contributed by atoms with Crippen LogP contribution in [-0.2, 0) is 0 Å². The van der Waals surface area contributed by atoms with Crippen molar-refractivity contribution in [3.63, 3.8) is 0 Å². The number of hydrogen-bond donors (Lipinski definition) is 2. The van der Waals surface area contributed by atoms with Crippen LogP contribution in [0.15, 0.2) is 41.1 Å². The zero-order valence-corrected chi connectivity index (χ0v) is 13.2. The molecule has 3 aromatic rings. The minimum atomic E-state index is -0.700. The van der Waals surface area contributed by atoms with Crippen molar-refractivity contribution in [2.45, 2.75) is 18.8 Å². The maximum absolute atomic E-state index is 14.1. The van der Waals surface area contributed by atoms with Crippen molar-refractivity contribution in [2.75, 3.05) is 5.73 Å². The molecule has 126 valence electrons. The molecule has 1 saturated carbocycles. The van der Waals surface area contributed by atoms with Gasteiger partial charge in [0.05, 0.1) is 11.4 Å². The Balaban J connectivity index is 1.88. The fourth-order valence-corrected chi connectivity index (χ4v) is 2.89. The number of pyridine rings is 1. The first-order valence-corrected chi connectivity index (χ1v) is 7.85. The van der Waals surface area contributed by atoms with Crippen LogP contribution in [0.2, 0.25) is 0 Å². The van der Waals surface area contributed by atoms with Gasteiger partial charge in [0, 0.05) is 17.2 Å². The van der Waals surface area contributed by atoms with Gasteiger partial charge in [-0.1, -0.05) is 5.16 Å². The zero-order chi connectivity index (χ0) is 17.6. The zero-order valence-electron chi connectivity index (χ0n) is 13.2. The topological polar surface area (TPSA) is 108 Å². The van der Waals surface area contributed by atoms with Crippen molar-refractivity contribution in [1.82, 2.24) is 10.1 Å². The third-order valence-electron chi connectivity index (χ3n) is 4.27. The molecule has 1 fully saturated rings. The molecule has 0 atom stereocenters. The number of hydrogen-bond acceptors (Lipinski definition) is 5. The molecule has 2 aromatic heterocycles. The molecule has 1 aromatic carbocycles. The second-order valence-corrected chi connectivity index (χ2v) is 6.11. The van der Waals surface area contributed by atoms with E-state index < -0.39 is 11.7 Å². The summed E-state index contributed by atoms with van der Waals surface area (Å²) in [6, 6.07) is 7.89. The number of carbonyl (C=O) groups excluding carboxylic acids is 1. The van der Waals surface area contributed by atoms with E-state index in [0.29, 0.717) is 34.1 Å². The summed E-state index contributed by atoms with van der Waals surface area (Å²) in [6.45, 7) is 0. The van der Waals surface area contributed by atoms with E-state index in [-0.39, 0.29) is 5.69 Å². The highest BCUT2D eigenvalue weighted by atomic mass is 19.1. The molecule has 1 aliphatic carbocycles.